The van der Waals surface area contributed by atoms with Crippen molar-refractivity contribution in [3.8, 4) is 5.75 Å². The van der Waals surface area contributed by atoms with Crippen LogP contribution in [0.5, 0.6) is 5.75 Å². The lowest BCUT2D eigenvalue weighted by Gasteiger charge is -2.29. The minimum absolute atomic E-state index is 0.0553. The summed E-state index contributed by atoms with van der Waals surface area (Å²) in [5, 5.41) is 9.16. The summed E-state index contributed by atoms with van der Waals surface area (Å²) in [5.74, 6) is -0.432. The standard InChI is InChI=1S/C31H44FNO5S2/c1-38-28-20-25(31(34)35)26(32)21-27(28)33-40(36,37)30-19-18-29(39-30)24-16-9-5-8-14-23(15-10-11-17-24)22-12-6-3-2-4-7-13-22/h18-24,33H,2-17H2,1H3,(H,34,35). The summed E-state index contributed by atoms with van der Waals surface area (Å²) in [7, 11) is -2.72. The summed E-state index contributed by atoms with van der Waals surface area (Å²) in [6, 6.07) is 5.38. The van der Waals surface area contributed by atoms with E-state index in [1.54, 1.807) is 6.07 Å². The number of carboxylic acids is 1. The summed E-state index contributed by atoms with van der Waals surface area (Å²) in [5.41, 5.74) is -0.713. The quantitative estimate of drug-likeness (QED) is 0.334. The van der Waals surface area contributed by atoms with E-state index < -0.39 is 27.4 Å². The van der Waals surface area contributed by atoms with Gasteiger partial charge in [0.05, 0.1) is 18.4 Å². The van der Waals surface area contributed by atoms with Gasteiger partial charge in [0.25, 0.3) is 10.0 Å². The fourth-order valence-corrected chi connectivity index (χ4v) is 9.19. The highest BCUT2D eigenvalue weighted by molar-refractivity contribution is 7.94. The second kappa shape index (κ2) is 14.7. The molecule has 1 aromatic carbocycles. The van der Waals surface area contributed by atoms with Crippen LogP contribution in [-0.4, -0.2) is 26.6 Å². The Balaban J connectivity index is 1.41. The maximum absolute atomic E-state index is 14.3. The average molecular weight is 594 g/mol. The molecular formula is C31H44FNO5S2. The largest absolute Gasteiger partial charge is 0.495 e. The molecular weight excluding hydrogens is 549 g/mol. The Bertz CT molecular complexity index is 1220. The number of ether oxygens (including phenoxy) is 1. The molecule has 40 heavy (non-hydrogen) atoms. The molecule has 2 atom stereocenters. The third-order valence-electron chi connectivity index (χ3n) is 8.85. The number of methoxy groups -OCH3 is 1. The highest BCUT2D eigenvalue weighted by atomic mass is 32.2. The molecule has 1 aromatic heterocycles. The molecule has 0 bridgehead atoms. The molecule has 222 valence electrons. The molecule has 2 aliphatic carbocycles. The van der Waals surface area contributed by atoms with E-state index in [-0.39, 0.29) is 15.6 Å². The Morgan fingerprint density at radius 2 is 1.40 bits per heavy atom. The molecule has 2 saturated carbocycles. The molecule has 6 nitrogen and oxygen atoms in total. The first-order chi connectivity index (χ1) is 19.3. The van der Waals surface area contributed by atoms with Crippen LogP contribution in [0.25, 0.3) is 0 Å². The predicted octanol–water partition coefficient (Wildman–Crippen LogP) is 8.98. The smallest absolute Gasteiger partial charge is 0.338 e. The minimum Gasteiger partial charge on any atom is -0.495 e. The highest BCUT2D eigenvalue weighted by Crippen LogP contribution is 2.39. The van der Waals surface area contributed by atoms with Crippen LogP contribution in [0.4, 0.5) is 10.1 Å². The second-order valence-electron chi connectivity index (χ2n) is 11.6. The molecule has 2 fully saturated rings. The molecule has 0 radical (unpaired) electrons. The van der Waals surface area contributed by atoms with Crippen LogP contribution < -0.4 is 9.46 Å². The highest BCUT2D eigenvalue weighted by Gasteiger charge is 2.25. The van der Waals surface area contributed by atoms with Crippen molar-refractivity contribution in [2.24, 2.45) is 11.8 Å². The van der Waals surface area contributed by atoms with Crippen molar-refractivity contribution >= 4 is 33.0 Å². The van der Waals surface area contributed by atoms with Gasteiger partial charge in [0.2, 0.25) is 0 Å². The summed E-state index contributed by atoms with van der Waals surface area (Å²) < 4.78 is 48.4. The van der Waals surface area contributed by atoms with E-state index in [9.17, 15) is 17.6 Å². The third kappa shape index (κ3) is 8.21. The fourth-order valence-electron chi connectivity index (χ4n) is 6.63. The SMILES string of the molecule is COc1cc(C(=O)O)c(F)cc1NS(=O)(=O)c1ccc(C2CCCCCC(C3CCCCCCC3)CCCC2)s1. The molecule has 0 amide bonds. The molecule has 2 aliphatic rings. The molecule has 2 aromatic rings. The molecule has 1 heterocycles. The first-order valence-electron chi connectivity index (χ1n) is 15.0. The normalized spacial score (nSPS) is 22.4. The van der Waals surface area contributed by atoms with Gasteiger partial charge in [-0.25, -0.2) is 17.6 Å². The first kappa shape index (κ1) is 30.8. The van der Waals surface area contributed by atoms with Crippen molar-refractivity contribution in [1.29, 1.82) is 0 Å². The average Bonchev–Trinajstić information content (AvgIpc) is 3.38. The molecule has 2 unspecified atom stereocenters. The van der Waals surface area contributed by atoms with Gasteiger partial charge < -0.3 is 9.84 Å². The summed E-state index contributed by atoms with van der Waals surface area (Å²) in [6.45, 7) is 0. The van der Waals surface area contributed by atoms with E-state index in [0.717, 1.165) is 48.1 Å². The first-order valence-corrected chi connectivity index (χ1v) is 17.3. The number of carbonyl (C=O) groups is 1. The predicted molar refractivity (Wildman–Crippen MR) is 159 cm³/mol. The van der Waals surface area contributed by atoms with Gasteiger partial charge in [-0.3, -0.25) is 4.72 Å². The maximum Gasteiger partial charge on any atom is 0.338 e. The van der Waals surface area contributed by atoms with Crippen molar-refractivity contribution in [3.05, 3.63) is 40.5 Å². The molecule has 0 spiro atoms. The van der Waals surface area contributed by atoms with E-state index in [1.807, 2.05) is 6.07 Å². The number of thiophene rings is 1. The number of anilines is 1. The van der Waals surface area contributed by atoms with Crippen LogP contribution in [-0.2, 0) is 10.0 Å². The van der Waals surface area contributed by atoms with Gasteiger partial charge in [0.15, 0.2) is 0 Å². The fraction of sp³-hybridized carbons (Fsp3) is 0.645. The summed E-state index contributed by atoms with van der Waals surface area (Å²) in [6.07, 6.45) is 20.8. The number of carboxylic acid groups (broad SMARTS) is 1. The number of aromatic carboxylic acids is 1. The van der Waals surface area contributed by atoms with Gasteiger partial charge in [-0.05, 0) is 48.8 Å². The van der Waals surface area contributed by atoms with Crippen LogP contribution in [0.3, 0.4) is 0 Å². The van der Waals surface area contributed by atoms with Crippen molar-refractivity contribution in [3.63, 3.8) is 0 Å². The van der Waals surface area contributed by atoms with Gasteiger partial charge in [0.1, 0.15) is 15.8 Å². The number of nitrogens with one attached hydrogen (secondary N) is 1. The number of rotatable bonds is 7. The van der Waals surface area contributed by atoms with Crippen LogP contribution in [0.15, 0.2) is 28.5 Å². The minimum atomic E-state index is -4.00. The Morgan fingerprint density at radius 3 is 2.00 bits per heavy atom. The van der Waals surface area contributed by atoms with E-state index in [0.29, 0.717) is 5.92 Å². The monoisotopic (exact) mass is 593 g/mol. The molecule has 0 aliphatic heterocycles. The van der Waals surface area contributed by atoms with Gasteiger partial charge >= 0.3 is 5.97 Å². The number of halogens is 1. The second-order valence-corrected chi connectivity index (χ2v) is 14.6. The number of sulfonamides is 1. The van der Waals surface area contributed by atoms with Crippen LogP contribution in [0.1, 0.15) is 124 Å². The van der Waals surface area contributed by atoms with E-state index in [2.05, 4.69) is 4.72 Å². The zero-order valence-corrected chi connectivity index (χ0v) is 25.3. The van der Waals surface area contributed by atoms with Gasteiger partial charge in [-0.2, -0.15) is 0 Å². The van der Waals surface area contributed by atoms with Crippen molar-refractivity contribution in [2.75, 3.05) is 11.8 Å². The molecule has 0 saturated heterocycles. The lowest BCUT2D eigenvalue weighted by atomic mass is 9.77. The maximum atomic E-state index is 14.3. The Hall–Kier alpha value is -2.13. The van der Waals surface area contributed by atoms with Crippen molar-refractivity contribution in [2.45, 2.75) is 113 Å². The number of benzene rings is 1. The van der Waals surface area contributed by atoms with Gasteiger partial charge in [-0.1, -0.05) is 89.9 Å². The summed E-state index contributed by atoms with van der Waals surface area (Å²) in [4.78, 5) is 12.3. The number of hydrogen-bond acceptors (Lipinski definition) is 5. The molecule has 2 N–H and O–H groups in total. The van der Waals surface area contributed by atoms with Crippen LogP contribution in [0, 0.1) is 17.7 Å². The lowest BCUT2D eigenvalue weighted by molar-refractivity contribution is 0.0691. The summed E-state index contributed by atoms with van der Waals surface area (Å²) >= 11 is 1.27. The van der Waals surface area contributed by atoms with Crippen LogP contribution in [0.2, 0.25) is 0 Å². The third-order valence-corrected chi connectivity index (χ3v) is 12.0. The van der Waals surface area contributed by atoms with Gasteiger partial charge in [-0.15, -0.1) is 11.3 Å². The number of hydrogen-bond donors (Lipinski definition) is 2. The zero-order valence-electron chi connectivity index (χ0n) is 23.6. The van der Waals surface area contributed by atoms with Crippen molar-refractivity contribution in [1.82, 2.24) is 0 Å². The van der Waals surface area contributed by atoms with E-state index >= 15 is 0 Å². The van der Waals surface area contributed by atoms with Gasteiger partial charge in [0, 0.05) is 10.9 Å². The van der Waals surface area contributed by atoms with E-state index in [1.165, 1.54) is 102 Å². The zero-order chi connectivity index (χ0) is 28.5. The van der Waals surface area contributed by atoms with Crippen molar-refractivity contribution < 1.29 is 27.4 Å². The topological polar surface area (TPSA) is 92.7 Å². The van der Waals surface area contributed by atoms with E-state index in [4.69, 9.17) is 9.84 Å². The molecule has 9 heteroatoms. The Morgan fingerprint density at radius 1 is 0.875 bits per heavy atom. The van der Waals surface area contributed by atoms with Crippen LogP contribution >= 0.6 is 11.3 Å². The molecule has 4 rings (SSSR count). The lowest BCUT2D eigenvalue weighted by Crippen LogP contribution is -2.16. The Labute approximate surface area is 242 Å². The Kier molecular flexibility index (Phi) is 11.3.